The predicted octanol–water partition coefficient (Wildman–Crippen LogP) is 1.67. The fourth-order valence-electron chi connectivity index (χ4n) is 4.79. The van der Waals surface area contributed by atoms with E-state index in [4.69, 9.17) is 5.73 Å². The van der Waals surface area contributed by atoms with E-state index in [1.54, 1.807) is 0 Å². The van der Waals surface area contributed by atoms with Crippen molar-refractivity contribution in [2.24, 2.45) is 29.4 Å². The van der Waals surface area contributed by atoms with E-state index in [0.717, 1.165) is 42.7 Å². The Morgan fingerprint density at radius 3 is 2.18 bits per heavy atom. The lowest BCUT2D eigenvalue weighted by Gasteiger charge is -2.54. The van der Waals surface area contributed by atoms with Crippen LogP contribution in [0.4, 0.5) is 0 Å². The number of amides is 1. The fourth-order valence-corrected chi connectivity index (χ4v) is 4.79. The molecule has 96 valence electrons. The molecule has 0 saturated heterocycles. The number of rotatable bonds is 5. The third kappa shape index (κ3) is 2.35. The Morgan fingerprint density at radius 1 is 1.06 bits per heavy atom. The van der Waals surface area contributed by atoms with Crippen molar-refractivity contribution in [1.29, 1.82) is 0 Å². The first kappa shape index (κ1) is 11.5. The first-order valence-electron chi connectivity index (χ1n) is 7.24. The molecule has 0 aromatic carbocycles. The van der Waals surface area contributed by atoms with Crippen molar-refractivity contribution in [3.05, 3.63) is 0 Å². The molecule has 0 spiro atoms. The maximum absolute atomic E-state index is 10.7. The molecule has 0 atom stereocenters. The number of carbonyl (C=O) groups excluding carboxylic acids is 1. The maximum atomic E-state index is 10.7. The summed E-state index contributed by atoms with van der Waals surface area (Å²) in [6.07, 6.45) is 8.78. The predicted molar refractivity (Wildman–Crippen MR) is 67.3 cm³/mol. The maximum Gasteiger partial charge on any atom is 0.217 e. The van der Waals surface area contributed by atoms with E-state index in [1.807, 2.05) is 0 Å². The fraction of sp³-hybridized carbons (Fsp3) is 0.929. The van der Waals surface area contributed by atoms with E-state index in [1.165, 1.54) is 32.1 Å². The molecule has 4 bridgehead atoms. The molecule has 17 heavy (non-hydrogen) atoms. The van der Waals surface area contributed by atoms with Gasteiger partial charge in [-0.1, -0.05) is 0 Å². The lowest BCUT2D eigenvalue weighted by molar-refractivity contribution is -0.118. The molecule has 0 heterocycles. The van der Waals surface area contributed by atoms with Gasteiger partial charge in [-0.3, -0.25) is 4.79 Å². The second-order valence-electron chi connectivity index (χ2n) is 6.48. The largest absolute Gasteiger partial charge is 0.370 e. The highest BCUT2D eigenvalue weighted by molar-refractivity contribution is 5.73. The van der Waals surface area contributed by atoms with Gasteiger partial charge in [0.05, 0.1) is 0 Å². The zero-order chi connectivity index (χ0) is 11.8. The van der Waals surface area contributed by atoms with E-state index in [0.29, 0.717) is 6.42 Å². The van der Waals surface area contributed by atoms with Crippen molar-refractivity contribution in [2.45, 2.75) is 51.0 Å². The summed E-state index contributed by atoms with van der Waals surface area (Å²) in [6, 6.07) is 0.746. The van der Waals surface area contributed by atoms with E-state index < -0.39 is 0 Å². The standard InChI is InChI=1S/C14H24N2O/c15-13(17)2-1-3-16-14-11-5-9-4-10(7-11)8-12(14)6-9/h9-12,14,16H,1-8H2,(H2,15,17). The van der Waals surface area contributed by atoms with Crippen LogP contribution in [0.5, 0.6) is 0 Å². The number of primary amides is 1. The van der Waals surface area contributed by atoms with Gasteiger partial charge < -0.3 is 11.1 Å². The van der Waals surface area contributed by atoms with Crippen LogP contribution in [0.3, 0.4) is 0 Å². The van der Waals surface area contributed by atoms with Gasteiger partial charge in [0.15, 0.2) is 0 Å². The second kappa shape index (κ2) is 4.60. The third-order valence-electron chi connectivity index (χ3n) is 5.21. The highest BCUT2D eigenvalue weighted by atomic mass is 16.1. The molecule has 3 heteroatoms. The van der Waals surface area contributed by atoms with Crippen LogP contribution in [0.25, 0.3) is 0 Å². The quantitative estimate of drug-likeness (QED) is 0.713. The molecule has 0 aliphatic heterocycles. The SMILES string of the molecule is NC(=O)CCCNC1C2CC3CC(C2)CC1C3. The first-order valence-corrected chi connectivity index (χ1v) is 7.24. The van der Waals surface area contributed by atoms with Crippen molar-refractivity contribution in [3.63, 3.8) is 0 Å². The molecule has 3 nitrogen and oxygen atoms in total. The second-order valence-corrected chi connectivity index (χ2v) is 6.48. The summed E-state index contributed by atoms with van der Waals surface area (Å²) in [6.45, 7) is 0.968. The molecule has 0 radical (unpaired) electrons. The normalized spacial score (nSPS) is 42.9. The lowest BCUT2D eigenvalue weighted by atomic mass is 9.54. The highest BCUT2D eigenvalue weighted by Crippen LogP contribution is 2.53. The van der Waals surface area contributed by atoms with Gasteiger partial charge in [0, 0.05) is 12.5 Å². The van der Waals surface area contributed by atoms with Crippen molar-refractivity contribution >= 4 is 5.91 Å². The van der Waals surface area contributed by atoms with Gasteiger partial charge in [-0.05, 0) is 68.7 Å². The zero-order valence-corrected chi connectivity index (χ0v) is 10.5. The summed E-state index contributed by atoms with van der Waals surface area (Å²) in [5.74, 6) is 3.78. The number of hydrogen-bond donors (Lipinski definition) is 2. The molecular weight excluding hydrogens is 212 g/mol. The van der Waals surface area contributed by atoms with Crippen LogP contribution >= 0.6 is 0 Å². The van der Waals surface area contributed by atoms with Crippen molar-refractivity contribution < 1.29 is 4.79 Å². The minimum Gasteiger partial charge on any atom is -0.370 e. The number of nitrogens with two attached hydrogens (primary N) is 1. The molecular formula is C14H24N2O. The summed E-state index contributed by atoms with van der Waals surface area (Å²) < 4.78 is 0. The van der Waals surface area contributed by atoms with Gasteiger partial charge in [0.2, 0.25) is 5.91 Å². The molecule has 1 amide bonds. The summed E-state index contributed by atoms with van der Waals surface area (Å²) in [7, 11) is 0. The molecule has 4 saturated carbocycles. The average molecular weight is 236 g/mol. The van der Waals surface area contributed by atoms with Crippen LogP contribution in [-0.2, 0) is 4.79 Å². The van der Waals surface area contributed by atoms with Gasteiger partial charge in [0.25, 0.3) is 0 Å². The minimum absolute atomic E-state index is 0.170. The van der Waals surface area contributed by atoms with Crippen LogP contribution in [0.2, 0.25) is 0 Å². The molecule has 4 rings (SSSR count). The Hall–Kier alpha value is -0.570. The molecule has 0 aromatic rings. The summed E-state index contributed by atoms with van der Waals surface area (Å²) in [5, 5.41) is 3.71. The highest BCUT2D eigenvalue weighted by Gasteiger charge is 2.47. The van der Waals surface area contributed by atoms with Gasteiger partial charge in [-0.2, -0.15) is 0 Å². The Balaban J connectivity index is 1.49. The van der Waals surface area contributed by atoms with E-state index in [2.05, 4.69) is 5.32 Å². The van der Waals surface area contributed by atoms with Crippen molar-refractivity contribution in [3.8, 4) is 0 Å². The van der Waals surface area contributed by atoms with Crippen molar-refractivity contribution in [2.75, 3.05) is 6.54 Å². The Kier molecular flexibility index (Phi) is 3.12. The van der Waals surface area contributed by atoms with Crippen molar-refractivity contribution in [1.82, 2.24) is 5.32 Å². The summed E-state index contributed by atoms with van der Waals surface area (Å²) >= 11 is 0. The Bertz CT molecular complexity index is 275. The number of carbonyl (C=O) groups is 1. The smallest absolute Gasteiger partial charge is 0.217 e. The van der Waals surface area contributed by atoms with Gasteiger partial charge >= 0.3 is 0 Å². The number of nitrogens with one attached hydrogen (secondary N) is 1. The van der Waals surface area contributed by atoms with E-state index in [-0.39, 0.29) is 5.91 Å². The minimum atomic E-state index is -0.170. The molecule has 0 unspecified atom stereocenters. The zero-order valence-electron chi connectivity index (χ0n) is 10.5. The van der Waals surface area contributed by atoms with E-state index in [9.17, 15) is 4.79 Å². The molecule has 4 fully saturated rings. The van der Waals surface area contributed by atoms with Crippen LogP contribution < -0.4 is 11.1 Å². The average Bonchev–Trinajstić information content (AvgIpc) is 2.25. The molecule has 3 N–H and O–H groups in total. The topological polar surface area (TPSA) is 55.1 Å². The van der Waals surface area contributed by atoms with Gasteiger partial charge in [-0.15, -0.1) is 0 Å². The van der Waals surface area contributed by atoms with Gasteiger partial charge in [-0.25, -0.2) is 0 Å². The van der Waals surface area contributed by atoms with Crippen LogP contribution in [0.15, 0.2) is 0 Å². The molecule has 4 aliphatic rings. The Morgan fingerprint density at radius 2 is 1.65 bits per heavy atom. The summed E-state index contributed by atoms with van der Waals surface area (Å²) in [4.78, 5) is 10.7. The first-order chi connectivity index (χ1) is 8.22. The Labute approximate surface area is 104 Å². The molecule has 0 aromatic heterocycles. The third-order valence-corrected chi connectivity index (χ3v) is 5.21. The number of hydrogen-bond acceptors (Lipinski definition) is 2. The van der Waals surface area contributed by atoms with Crippen LogP contribution in [-0.4, -0.2) is 18.5 Å². The van der Waals surface area contributed by atoms with Crippen LogP contribution in [0.1, 0.15) is 44.9 Å². The van der Waals surface area contributed by atoms with Gasteiger partial charge in [0.1, 0.15) is 0 Å². The van der Waals surface area contributed by atoms with Crippen LogP contribution in [0, 0.1) is 23.7 Å². The monoisotopic (exact) mass is 236 g/mol. The van der Waals surface area contributed by atoms with E-state index >= 15 is 0 Å². The summed E-state index contributed by atoms with van der Waals surface area (Å²) in [5.41, 5.74) is 5.16. The lowest BCUT2D eigenvalue weighted by Crippen LogP contribution is -2.54. The molecule has 4 aliphatic carbocycles.